The largest absolute Gasteiger partial charge is 0.494 e. The molecular weight excluding hydrogens is 286 g/mol. The third-order valence-electron chi connectivity index (χ3n) is 2.88. The third kappa shape index (κ3) is 4.72. The summed E-state index contributed by atoms with van der Waals surface area (Å²) in [6.07, 6.45) is 2.46. The highest BCUT2D eigenvalue weighted by Gasteiger charge is 2.19. The van der Waals surface area contributed by atoms with E-state index in [1.54, 1.807) is 20.0 Å². The molecule has 0 amide bonds. The second-order valence-corrected chi connectivity index (χ2v) is 6.30. The van der Waals surface area contributed by atoms with Crippen molar-refractivity contribution in [3.05, 3.63) is 40.3 Å². The van der Waals surface area contributed by atoms with E-state index in [2.05, 4.69) is 4.98 Å². The summed E-state index contributed by atoms with van der Waals surface area (Å²) >= 11 is 1.52. The minimum atomic E-state index is -0.827. The molecule has 1 N–H and O–H groups in total. The lowest BCUT2D eigenvalue weighted by Gasteiger charge is -2.13. The zero-order valence-electron chi connectivity index (χ0n) is 12.6. The van der Waals surface area contributed by atoms with Gasteiger partial charge in [0.1, 0.15) is 11.5 Å². The molecule has 0 saturated heterocycles. The van der Waals surface area contributed by atoms with Gasteiger partial charge in [0.15, 0.2) is 0 Å². The zero-order valence-corrected chi connectivity index (χ0v) is 13.4. The van der Waals surface area contributed by atoms with Gasteiger partial charge in [-0.2, -0.15) is 0 Å². The van der Waals surface area contributed by atoms with Crippen LogP contribution in [0.5, 0.6) is 11.5 Å². The molecule has 0 atom stereocenters. The van der Waals surface area contributed by atoms with Gasteiger partial charge in [-0.05, 0) is 45.0 Å². The van der Waals surface area contributed by atoms with Crippen LogP contribution in [0.3, 0.4) is 0 Å². The van der Waals surface area contributed by atoms with Crippen molar-refractivity contribution in [1.82, 2.24) is 4.98 Å². The Hall–Kier alpha value is -1.59. The van der Waals surface area contributed by atoms with Crippen molar-refractivity contribution >= 4 is 11.3 Å². The van der Waals surface area contributed by atoms with E-state index < -0.39 is 5.60 Å². The lowest BCUT2D eigenvalue weighted by atomic mass is 10.1. The predicted molar refractivity (Wildman–Crippen MR) is 84.2 cm³/mol. The molecule has 5 heteroatoms. The van der Waals surface area contributed by atoms with E-state index in [1.807, 2.05) is 31.2 Å². The van der Waals surface area contributed by atoms with E-state index in [0.717, 1.165) is 27.8 Å². The van der Waals surface area contributed by atoms with Crippen LogP contribution in [0.2, 0.25) is 0 Å². The van der Waals surface area contributed by atoms with Gasteiger partial charge >= 0.3 is 0 Å². The van der Waals surface area contributed by atoms with Crippen LogP contribution in [-0.2, 0) is 12.0 Å². The highest BCUT2D eigenvalue weighted by atomic mass is 32.1. The molecule has 2 aromatic rings. The van der Waals surface area contributed by atoms with E-state index >= 15 is 0 Å². The summed E-state index contributed by atoms with van der Waals surface area (Å²) in [5, 5.41) is 10.9. The number of benzene rings is 1. The quantitative estimate of drug-likeness (QED) is 0.852. The van der Waals surface area contributed by atoms with Gasteiger partial charge in [-0.1, -0.05) is 0 Å². The molecule has 1 aromatic heterocycles. The minimum Gasteiger partial charge on any atom is -0.494 e. The first-order valence-corrected chi connectivity index (χ1v) is 7.84. The highest BCUT2D eigenvalue weighted by molar-refractivity contribution is 7.11. The van der Waals surface area contributed by atoms with E-state index in [1.165, 1.54) is 11.3 Å². The summed E-state index contributed by atoms with van der Waals surface area (Å²) < 4.78 is 11.1. The van der Waals surface area contributed by atoms with E-state index in [-0.39, 0.29) is 0 Å². The number of thiazole rings is 1. The number of rotatable bonds is 7. The molecule has 21 heavy (non-hydrogen) atoms. The van der Waals surface area contributed by atoms with Crippen molar-refractivity contribution < 1.29 is 14.6 Å². The molecule has 0 radical (unpaired) electrons. The van der Waals surface area contributed by atoms with Crippen LogP contribution in [0, 0.1) is 0 Å². The monoisotopic (exact) mass is 307 g/mol. The number of aliphatic hydroxyl groups is 1. The smallest absolute Gasteiger partial charge is 0.119 e. The molecule has 2 rings (SSSR count). The van der Waals surface area contributed by atoms with Crippen molar-refractivity contribution in [3.8, 4) is 11.5 Å². The lowest BCUT2D eigenvalue weighted by Crippen LogP contribution is -2.12. The fourth-order valence-corrected chi connectivity index (χ4v) is 2.66. The van der Waals surface area contributed by atoms with Crippen molar-refractivity contribution in [1.29, 1.82) is 0 Å². The molecular formula is C16H21NO3S. The van der Waals surface area contributed by atoms with Gasteiger partial charge in [0.05, 0.1) is 28.7 Å². The first kappa shape index (κ1) is 15.8. The Kier molecular flexibility index (Phi) is 5.20. The van der Waals surface area contributed by atoms with Crippen LogP contribution in [-0.4, -0.2) is 23.3 Å². The van der Waals surface area contributed by atoms with Crippen molar-refractivity contribution in [2.75, 3.05) is 13.2 Å². The maximum absolute atomic E-state index is 9.90. The van der Waals surface area contributed by atoms with E-state index in [0.29, 0.717) is 13.2 Å². The Morgan fingerprint density at radius 1 is 1.14 bits per heavy atom. The van der Waals surface area contributed by atoms with Crippen LogP contribution >= 0.6 is 11.3 Å². The molecule has 0 spiro atoms. The molecule has 0 aliphatic heterocycles. The van der Waals surface area contributed by atoms with Gasteiger partial charge in [-0.15, -0.1) is 11.3 Å². The molecule has 0 saturated carbocycles. The van der Waals surface area contributed by atoms with Gasteiger partial charge in [0, 0.05) is 12.6 Å². The van der Waals surface area contributed by atoms with E-state index in [4.69, 9.17) is 9.47 Å². The van der Waals surface area contributed by atoms with Crippen molar-refractivity contribution in [2.45, 2.75) is 32.8 Å². The number of ether oxygens (including phenoxy) is 2. The predicted octanol–water partition coefficient (Wildman–Crippen LogP) is 3.39. The van der Waals surface area contributed by atoms with E-state index in [9.17, 15) is 5.11 Å². The summed E-state index contributed by atoms with van der Waals surface area (Å²) in [6.45, 7) is 6.71. The number of nitrogens with zero attached hydrogens (tertiary/aromatic N) is 1. The summed E-state index contributed by atoms with van der Waals surface area (Å²) in [5.74, 6) is 1.66. The van der Waals surface area contributed by atoms with Gasteiger partial charge in [-0.3, -0.25) is 0 Å². The number of hydrogen-bond donors (Lipinski definition) is 1. The second-order valence-electron chi connectivity index (χ2n) is 5.18. The molecule has 0 fully saturated rings. The van der Waals surface area contributed by atoms with Crippen LogP contribution in [0.25, 0.3) is 0 Å². The maximum Gasteiger partial charge on any atom is 0.119 e. The average molecular weight is 307 g/mol. The Bertz CT molecular complexity index is 558. The Morgan fingerprint density at radius 3 is 2.29 bits per heavy atom. The molecule has 4 nitrogen and oxygen atoms in total. The maximum atomic E-state index is 9.90. The Morgan fingerprint density at radius 2 is 1.76 bits per heavy atom. The fraction of sp³-hybridized carbons (Fsp3) is 0.438. The SMILES string of the molecule is CCOc1ccc(OCCc2ncc(C(C)(C)O)s2)cc1. The Labute approximate surface area is 129 Å². The van der Waals surface area contributed by atoms with Gasteiger partial charge in [0.25, 0.3) is 0 Å². The Balaban J connectivity index is 1.82. The van der Waals surface area contributed by atoms with Gasteiger partial charge in [0.2, 0.25) is 0 Å². The third-order valence-corrected chi connectivity index (χ3v) is 4.25. The number of hydrogen-bond acceptors (Lipinski definition) is 5. The number of aromatic nitrogens is 1. The lowest BCUT2D eigenvalue weighted by molar-refractivity contribution is 0.0823. The molecule has 0 aliphatic rings. The summed E-state index contributed by atoms with van der Waals surface area (Å²) in [6, 6.07) is 7.59. The second kappa shape index (κ2) is 6.91. The molecule has 0 unspecified atom stereocenters. The van der Waals surface area contributed by atoms with Crippen molar-refractivity contribution in [2.24, 2.45) is 0 Å². The highest BCUT2D eigenvalue weighted by Crippen LogP contribution is 2.26. The molecule has 0 bridgehead atoms. The molecule has 114 valence electrons. The molecule has 1 aromatic carbocycles. The first-order valence-electron chi connectivity index (χ1n) is 7.02. The van der Waals surface area contributed by atoms with Crippen molar-refractivity contribution in [3.63, 3.8) is 0 Å². The van der Waals surface area contributed by atoms with Crippen LogP contribution in [0.15, 0.2) is 30.5 Å². The van der Waals surface area contributed by atoms with Crippen LogP contribution < -0.4 is 9.47 Å². The van der Waals surface area contributed by atoms with Gasteiger partial charge in [-0.25, -0.2) is 4.98 Å². The summed E-state index contributed by atoms with van der Waals surface area (Å²) in [4.78, 5) is 5.18. The van der Waals surface area contributed by atoms with Crippen LogP contribution in [0.4, 0.5) is 0 Å². The summed E-state index contributed by atoms with van der Waals surface area (Å²) in [5.41, 5.74) is -0.827. The normalized spacial score (nSPS) is 11.4. The molecule has 1 heterocycles. The average Bonchev–Trinajstić information content (AvgIpc) is 2.90. The zero-order chi connectivity index (χ0) is 15.3. The molecule has 0 aliphatic carbocycles. The standard InChI is InChI=1S/C16H21NO3S/c1-4-19-12-5-7-13(8-6-12)20-10-9-15-17-11-14(21-15)16(2,3)18/h5-8,11,18H,4,9-10H2,1-3H3. The van der Waals surface area contributed by atoms with Crippen LogP contribution in [0.1, 0.15) is 30.7 Å². The minimum absolute atomic E-state index is 0.562. The topological polar surface area (TPSA) is 51.6 Å². The van der Waals surface area contributed by atoms with Gasteiger partial charge < -0.3 is 14.6 Å². The summed E-state index contributed by atoms with van der Waals surface area (Å²) in [7, 11) is 0. The fourth-order valence-electron chi connectivity index (χ4n) is 1.76. The first-order chi connectivity index (χ1) is 9.99.